The van der Waals surface area contributed by atoms with Crippen molar-refractivity contribution >= 4 is 5.91 Å². The molecule has 0 bridgehead atoms. The molecule has 1 atom stereocenters. The standard InChI is InChI=1S/C9H16N2O/c1-3-8(9(10)12)7-4-5-11(2)6-7/h3,7H,4-6H2,1-2H3,(H2,10,12). The maximum atomic E-state index is 11.0. The highest BCUT2D eigenvalue weighted by Crippen LogP contribution is 2.22. The van der Waals surface area contributed by atoms with Gasteiger partial charge in [0.05, 0.1) is 0 Å². The van der Waals surface area contributed by atoms with Gasteiger partial charge in [0, 0.05) is 18.0 Å². The lowest BCUT2D eigenvalue weighted by Gasteiger charge is -2.11. The average Bonchev–Trinajstić information content (AvgIpc) is 2.37. The molecule has 3 heteroatoms. The van der Waals surface area contributed by atoms with E-state index in [1.807, 2.05) is 13.0 Å². The van der Waals surface area contributed by atoms with Crippen molar-refractivity contribution in [3.8, 4) is 0 Å². The van der Waals surface area contributed by atoms with Gasteiger partial charge in [-0.2, -0.15) is 0 Å². The van der Waals surface area contributed by atoms with Gasteiger partial charge in [-0.05, 0) is 26.9 Å². The number of amides is 1. The second-order valence-electron chi connectivity index (χ2n) is 3.36. The molecule has 0 radical (unpaired) electrons. The summed E-state index contributed by atoms with van der Waals surface area (Å²) in [6.45, 7) is 3.90. The first-order chi connectivity index (χ1) is 5.65. The van der Waals surface area contributed by atoms with Crippen molar-refractivity contribution in [3.05, 3.63) is 11.6 Å². The van der Waals surface area contributed by atoms with Gasteiger partial charge < -0.3 is 10.6 Å². The molecule has 1 aliphatic rings. The average molecular weight is 168 g/mol. The highest BCUT2D eigenvalue weighted by atomic mass is 16.1. The first-order valence-corrected chi connectivity index (χ1v) is 4.29. The molecule has 1 rings (SSSR count). The van der Waals surface area contributed by atoms with Crippen LogP contribution in [0.5, 0.6) is 0 Å². The molecule has 1 fully saturated rings. The van der Waals surface area contributed by atoms with Gasteiger partial charge in [-0.3, -0.25) is 4.79 Å². The maximum Gasteiger partial charge on any atom is 0.244 e. The molecule has 0 saturated carbocycles. The quantitative estimate of drug-likeness (QED) is 0.605. The molecule has 1 aliphatic heterocycles. The van der Waals surface area contributed by atoms with Crippen LogP contribution in [0.1, 0.15) is 13.3 Å². The predicted molar refractivity (Wildman–Crippen MR) is 48.6 cm³/mol. The van der Waals surface area contributed by atoms with Gasteiger partial charge in [-0.15, -0.1) is 0 Å². The number of likely N-dealkylation sites (tertiary alicyclic amines) is 1. The summed E-state index contributed by atoms with van der Waals surface area (Å²) >= 11 is 0. The number of allylic oxidation sites excluding steroid dienone is 1. The summed E-state index contributed by atoms with van der Waals surface area (Å²) < 4.78 is 0. The molecular weight excluding hydrogens is 152 g/mol. The minimum absolute atomic E-state index is 0.266. The summed E-state index contributed by atoms with van der Waals surface area (Å²) in [5, 5.41) is 0. The van der Waals surface area contributed by atoms with Crippen LogP contribution in [0, 0.1) is 5.92 Å². The molecule has 0 spiro atoms. The maximum absolute atomic E-state index is 11.0. The fourth-order valence-electron chi connectivity index (χ4n) is 1.77. The Morgan fingerprint density at radius 2 is 2.33 bits per heavy atom. The van der Waals surface area contributed by atoms with Gasteiger partial charge >= 0.3 is 0 Å². The Balaban J connectivity index is 2.63. The third kappa shape index (κ3) is 1.85. The van der Waals surface area contributed by atoms with E-state index in [9.17, 15) is 4.79 Å². The molecule has 1 unspecified atom stereocenters. The minimum Gasteiger partial charge on any atom is -0.366 e. The minimum atomic E-state index is -0.266. The van der Waals surface area contributed by atoms with Crippen LogP contribution < -0.4 is 5.73 Å². The Labute approximate surface area is 73.2 Å². The lowest BCUT2D eigenvalue weighted by Crippen LogP contribution is -2.22. The van der Waals surface area contributed by atoms with Crippen LogP contribution in [0.2, 0.25) is 0 Å². The van der Waals surface area contributed by atoms with E-state index in [1.54, 1.807) is 0 Å². The molecule has 2 N–H and O–H groups in total. The van der Waals surface area contributed by atoms with Crippen LogP contribution in [0.4, 0.5) is 0 Å². The molecule has 0 aliphatic carbocycles. The van der Waals surface area contributed by atoms with Crippen LogP contribution in [-0.4, -0.2) is 30.9 Å². The van der Waals surface area contributed by atoms with Crippen LogP contribution in [-0.2, 0) is 4.79 Å². The lowest BCUT2D eigenvalue weighted by atomic mass is 9.98. The van der Waals surface area contributed by atoms with Crippen molar-refractivity contribution < 1.29 is 4.79 Å². The molecule has 1 amide bonds. The molecule has 12 heavy (non-hydrogen) atoms. The smallest absolute Gasteiger partial charge is 0.244 e. The number of primary amides is 1. The number of carbonyl (C=O) groups excluding carboxylic acids is 1. The molecule has 1 heterocycles. The molecular formula is C9H16N2O. The monoisotopic (exact) mass is 168 g/mol. The van der Waals surface area contributed by atoms with Gasteiger partial charge in [-0.1, -0.05) is 6.08 Å². The van der Waals surface area contributed by atoms with Crippen molar-refractivity contribution in [2.45, 2.75) is 13.3 Å². The molecule has 0 aromatic rings. The molecule has 0 aromatic carbocycles. The number of hydrogen-bond donors (Lipinski definition) is 1. The molecule has 68 valence electrons. The zero-order valence-corrected chi connectivity index (χ0v) is 7.71. The van der Waals surface area contributed by atoms with Crippen molar-refractivity contribution in [1.29, 1.82) is 0 Å². The van der Waals surface area contributed by atoms with E-state index in [2.05, 4.69) is 11.9 Å². The Hall–Kier alpha value is -0.830. The van der Waals surface area contributed by atoms with Crippen molar-refractivity contribution in [3.63, 3.8) is 0 Å². The summed E-state index contributed by atoms with van der Waals surface area (Å²) in [5.41, 5.74) is 6.04. The summed E-state index contributed by atoms with van der Waals surface area (Å²) in [7, 11) is 2.06. The van der Waals surface area contributed by atoms with E-state index < -0.39 is 0 Å². The second-order valence-corrected chi connectivity index (χ2v) is 3.36. The number of nitrogens with two attached hydrogens (primary N) is 1. The fourth-order valence-corrected chi connectivity index (χ4v) is 1.77. The zero-order valence-electron chi connectivity index (χ0n) is 7.71. The first-order valence-electron chi connectivity index (χ1n) is 4.29. The van der Waals surface area contributed by atoms with E-state index in [0.29, 0.717) is 5.92 Å². The SMILES string of the molecule is CC=C(C(N)=O)C1CCN(C)C1. The topological polar surface area (TPSA) is 46.3 Å². The first kappa shape index (κ1) is 9.26. The number of nitrogens with zero attached hydrogens (tertiary/aromatic N) is 1. The predicted octanol–water partition coefficient (Wildman–Crippen LogP) is 0.370. The Morgan fingerprint density at radius 3 is 2.67 bits per heavy atom. The fraction of sp³-hybridized carbons (Fsp3) is 0.667. The Kier molecular flexibility index (Phi) is 2.87. The van der Waals surface area contributed by atoms with Crippen LogP contribution in [0.25, 0.3) is 0 Å². The third-order valence-electron chi connectivity index (χ3n) is 2.43. The summed E-state index contributed by atoms with van der Waals surface area (Å²) in [5.74, 6) is 0.0929. The second kappa shape index (κ2) is 3.72. The number of carbonyl (C=O) groups is 1. The summed E-state index contributed by atoms with van der Waals surface area (Å²) in [4.78, 5) is 13.2. The van der Waals surface area contributed by atoms with Gasteiger partial charge in [-0.25, -0.2) is 0 Å². The van der Waals surface area contributed by atoms with Gasteiger partial charge in [0.25, 0.3) is 0 Å². The van der Waals surface area contributed by atoms with E-state index in [0.717, 1.165) is 25.1 Å². The van der Waals surface area contributed by atoms with E-state index >= 15 is 0 Å². The van der Waals surface area contributed by atoms with Crippen LogP contribution in [0.3, 0.4) is 0 Å². The van der Waals surface area contributed by atoms with Crippen molar-refractivity contribution in [2.75, 3.05) is 20.1 Å². The lowest BCUT2D eigenvalue weighted by molar-refractivity contribution is -0.115. The summed E-state index contributed by atoms with van der Waals surface area (Å²) in [6, 6.07) is 0. The van der Waals surface area contributed by atoms with Gasteiger partial charge in [0.1, 0.15) is 0 Å². The third-order valence-corrected chi connectivity index (χ3v) is 2.43. The Bertz CT molecular complexity index is 211. The number of rotatable bonds is 2. The Morgan fingerprint density at radius 1 is 1.67 bits per heavy atom. The normalized spacial score (nSPS) is 26.2. The summed E-state index contributed by atoms with van der Waals surface area (Å²) in [6.07, 6.45) is 2.89. The largest absolute Gasteiger partial charge is 0.366 e. The number of hydrogen-bond acceptors (Lipinski definition) is 2. The van der Waals surface area contributed by atoms with Gasteiger partial charge in [0.2, 0.25) is 5.91 Å². The van der Waals surface area contributed by atoms with Crippen molar-refractivity contribution in [1.82, 2.24) is 4.90 Å². The molecule has 0 aromatic heterocycles. The van der Waals surface area contributed by atoms with Crippen LogP contribution in [0.15, 0.2) is 11.6 Å². The van der Waals surface area contributed by atoms with E-state index in [1.165, 1.54) is 0 Å². The molecule has 3 nitrogen and oxygen atoms in total. The van der Waals surface area contributed by atoms with E-state index in [4.69, 9.17) is 5.73 Å². The van der Waals surface area contributed by atoms with Gasteiger partial charge in [0.15, 0.2) is 0 Å². The highest BCUT2D eigenvalue weighted by molar-refractivity contribution is 5.92. The highest BCUT2D eigenvalue weighted by Gasteiger charge is 2.24. The molecule has 1 saturated heterocycles. The van der Waals surface area contributed by atoms with Crippen molar-refractivity contribution in [2.24, 2.45) is 11.7 Å². The zero-order chi connectivity index (χ0) is 9.14. The van der Waals surface area contributed by atoms with Crippen LogP contribution >= 0.6 is 0 Å². The van der Waals surface area contributed by atoms with E-state index in [-0.39, 0.29) is 5.91 Å².